The molecule has 20 heavy (non-hydrogen) atoms. The van der Waals surface area contributed by atoms with Crippen molar-refractivity contribution in [1.82, 2.24) is 4.90 Å². The number of nitrogen functional groups attached to an aromatic ring is 1. The van der Waals surface area contributed by atoms with E-state index in [0.29, 0.717) is 6.04 Å². The molecule has 2 saturated heterocycles. The van der Waals surface area contributed by atoms with Crippen LogP contribution in [0.2, 0.25) is 0 Å². The average molecular weight is 275 g/mol. The van der Waals surface area contributed by atoms with E-state index < -0.39 is 0 Å². The Hall–Kier alpha value is -1.42. The summed E-state index contributed by atoms with van der Waals surface area (Å²) in [6.45, 7) is 0. The Morgan fingerprint density at radius 2 is 1.95 bits per heavy atom. The number of ether oxygens (including phenoxy) is 1. The zero-order valence-corrected chi connectivity index (χ0v) is 12.4. The zero-order valence-electron chi connectivity index (χ0n) is 12.4. The van der Waals surface area contributed by atoms with Gasteiger partial charge in [-0.05, 0) is 44.9 Å². The molecule has 2 aliphatic rings. The number of piperidine rings is 2. The Morgan fingerprint density at radius 3 is 2.55 bits per heavy atom. The number of benzene rings is 1. The molecule has 0 spiro atoms. The Balaban J connectivity index is 1.69. The highest BCUT2D eigenvalue weighted by atomic mass is 16.5. The normalized spacial score (nSPS) is 30.0. The van der Waals surface area contributed by atoms with Crippen molar-refractivity contribution in [1.29, 1.82) is 0 Å². The lowest BCUT2D eigenvalue weighted by Crippen LogP contribution is -2.52. The largest absolute Gasteiger partial charge is 0.497 e. The number of methoxy groups -OCH3 is 1. The molecule has 4 heteroatoms. The van der Waals surface area contributed by atoms with Gasteiger partial charge < -0.3 is 20.7 Å². The first kappa shape index (κ1) is 13.6. The Morgan fingerprint density at radius 1 is 1.25 bits per heavy atom. The van der Waals surface area contributed by atoms with E-state index in [4.69, 9.17) is 10.5 Å². The predicted octanol–water partition coefficient (Wildman–Crippen LogP) is 2.70. The van der Waals surface area contributed by atoms with Crippen LogP contribution < -0.4 is 15.8 Å². The summed E-state index contributed by atoms with van der Waals surface area (Å²) >= 11 is 0. The quantitative estimate of drug-likeness (QED) is 0.833. The third kappa shape index (κ3) is 2.57. The fraction of sp³-hybridized carbons (Fsp3) is 0.625. The number of nitrogens with one attached hydrogen (secondary N) is 1. The Labute approximate surface area is 121 Å². The average Bonchev–Trinajstić information content (AvgIpc) is 2.42. The summed E-state index contributed by atoms with van der Waals surface area (Å²) in [4.78, 5) is 2.58. The number of nitrogens with two attached hydrogens (primary N) is 1. The molecule has 2 atom stereocenters. The molecule has 0 radical (unpaired) electrons. The van der Waals surface area contributed by atoms with Gasteiger partial charge in [0.15, 0.2) is 0 Å². The molecule has 0 saturated carbocycles. The lowest BCUT2D eigenvalue weighted by atomic mass is 9.82. The molecular weight excluding hydrogens is 250 g/mol. The SMILES string of the molecule is COc1ccc(NC2CC3CCCC(C2)N3C)c(N)c1. The zero-order chi connectivity index (χ0) is 14.1. The fourth-order valence-electron chi connectivity index (χ4n) is 3.75. The second kappa shape index (κ2) is 5.52. The van der Waals surface area contributed by atoms with E-state index in [1.54, 1.807) is 7.11 Å². The number of nitrogens with zero attached hydrogens (tertiary/aromatic N) is 1. The second-order valence-corrected chi connectivity index (χ2v) is 6.17. The topological polar surface area (TPSA) is 50.5 Å². The smallest absolute Gasteiger partial charge is 0.121 e. The van der Waals surface area contributed by atoms with Gasteiger partial charge in [0.1, 0.15) is 5.75 Å². The van der Waals surface area contributed by atoms with Gasteiger partial charge in [-0.25, -0.2) is 0 Å². The summed E-state index contributed by atoms with van der Waals surface area (Å²) < 4.78 is 5.20. The van der Waals surface area contributed by atoms with Crippen LogP contribution in [-0.2, 0) is 0 Å². The standard InChI is InChI=1S/C16H25N3O/c1-19-12-4-3-5-13(19)9-11(8-12)18-16-7-6-14(20-2)10-15(16)17/h6-7,10-13,18H,3-5,8-9,17H2,1-2H3. The Kier molecular flexibility index (Phi) is 3.74. The van der Waals surface area contributed by atoms with Crippen molar-refractivity contribution in [3.63, 3.8) is 0 Å². The van der Waals surface area contributed by atoms with E-state index in [9.17, 15) is 0 Å². The summed E-state index contributed by atoms with van der Waals surface area (Å²) in [6.07, 6.45) is 6.50. The third-order valence-electron chi connectivity index (χ3n) is 4.96. The molecule has 2 fully saturated rings. The van der Waals surface area contributed by atoms with Crippen LogP contribution in [0.4, 0.5) is 11.4 Å². The van der Waals surface area contributed by atoms with E-state index in [0.717, 1.165) is 29.2 Å². The number of hydrogen-bond donors (Lipinski definition) is 2. The van der Waals surface area contributed by atoms with Gasteiger partial charge in [0.05, 0.1) is 18.5 Å². The number of hydrogen-bond acceptors (Lipinski definition) is 4. The van der Waals surface area contributed by atoms with Gasteiger partial charge >= 0.3 is 0 Å². The minimum Gasteiger partial charge on any atom is -0.497 e. The maximum atomic E-state index is 6.10. The molecule has 0 aromatic heterocycles. The highest BCUT2D eigenvalue weighted by Crippen LogP contribution is 2.35. The number of anilines is 2. The molecule has 0 amide bonds. The van der Waals surface area contributed by atoms with Gasteiger partial charge in [-0.15, -0.1) is 0 Å². The number of fused-ring (bicyclic) bond motifs is 2. The molecule has 2 unspecified atom stereocenters. The molecule has 2 bridgehead atoms. The van der Waals surface area contributed by atoms with Crippen molar-refractivity contribution in [2.45, 2.75) is 50.2 Å². The first-order valence-electron chi connectivity index (χ1n) is 7.59. The van der Waals surface area contributed by atoms with Crippen molar-refractivity contribution in [3.05, 3.63) is 18.2 Å². The first-order chi connectivity index (χ1) is 9.67. The van der Waals surface area contributed by atoms with Crippen LogP contribution in [0.1, 0.15) is 32.1 Å². The highest BCUT2D eigenvalue weighted by molar-refractivity contribution is 5.68. The van der Waals surface area contributed by atoms with Gasteiger partial charge in [0, 0.05) is 24.2 Å². The molecule has 1 aromatic rings. The Bertz CT molecular complexity index is 463. The van der Waals surface area contributed by atoms with Crippen molar-refractivity contribution in [2.75, 3.05) is 25.2 Å². The van der Waals surface area contributed by atoms with Crippen molar-refractivity contribution >= 4 is 11.4 Å². The first-order valence-corrected chi connectivity index (χ1v) is 7.59. The maximum Gasteiger partial charge on any atom is 0.121 e. The van der Waals surface area contributed by atoms with Crippen LogP contribution in [0, 0.1) is 0 Å². The third-order valence-corrected chi connectivity index (χ3v) is 4.96. The molecule has 2 aliphatic heterocycles. The van der Waals surface area contributed by atoms with Crippen LogP contribution in [0.3, 0.4) is 0 Å². The van der Waals surface area contributed by atoms with Crippen LogP contribution in [0.5, 0.6) is 5.75 Å². The maximum absolute atomic E-state index is 6.10. The summed E-state index contributed by atoms with van der Waals surface area (Å²) in [6, 6.07) is 7.89. The van der Waals surface area contributed by atoms with Crippen molar-refractivity contribution in [2.24, 2.45) is 0 Å². The van der Waals surface area contributed by atoms with Crippen LogP contribution in [0.25, 0.3) is 0 Å². The molecule has 110 valence electrons. The monoisotopic (exact) mass is 275 g/mol. The van der Waals surface area contributed by atoms with Crippen molar-refractivity contribution in [3.8, 4) is 5.75 Å². The van der Waals surface area contributed by atoms with Gasteiger partial charge in [0.2, 0.25) is 0 Å². The summed E-state index contributed by atoms with van der Waals surface area (Å²) in [5.74, 6) is 0.813. The van der Waals surface area contributed by atoms with Crippen LogP contribution in [-0.4, -0.2) is 37.2 Å². The summed E-state index contributed by atoms with van der Waals surface area (Å²) in [5, 5.41) is 3.64. The van der Waals surface area contributed by atoms with E-state index in [-0.39, 0.29) is 0 Å². The van der Waals surface area contributed by atoms with Gasteiger partial charge in [0.25, 0.3) is 0 Å². The molecular formula is C16H25N3O. The summed E-state index contributed by atoms with van der Waals surface area (Å²) in [7, 11) is 3.95. The molecule has 2 heterocycles. The lowest BCUT2D eigenvalue weighted by molar-refractivity contribution is 0.0608. The van der Waals surface area contributed by atoms with Gasteiger partial charge in [-0.1, -0.05) is 6.42 Å². The van der Waals surface area contributed by atoms with Crippen molar-refractivity contribution < 1.29 is 4.74 Å². The predicted molar refractivity (Wildman–Crippen MR) is 83.2 cm³/mol. The van der Waals surface area contributed by atoms with E-state index in [1.807, 2.05) is 18.2 Å². The van der Waals surface area contributed by atoms with E-state index in [1.165, 1.54) is 32.1 Å². The fourth-order valence-corrected chi connectivity index (χ4v) is 3.75. The summed E-state index contributed by atoms with van der Waals surface area (Å²) in [5.41, 5.74) is 7.92. The lowest BCUT2D eigenvalue weighted by Gasteiger charge is -2.47. The van der Waals surface area contributed by atoms with E-state index >= 15 is 0 Å². The molecule has 3 N–H and O–H groups in total. The highest BCUT2D eigenvalue weighted by Gasteiger charge is 2.35. The van der Waals surface area contributed by atoms with E-state index in [2.05, 4.69) is 17.3 Å². The minimum absolute atomic E-state index is 0.539. The number of rotatable bonds is 3. The molecule has 1 aromatic carbocycles. The molecule has 0 aliphatic carbocycles. The van der Waals surface area contributed by atoms with Gasteiger partial charge in [-0.2, -0.15) is 0 Å². The van der Waals surface area contributed by atoms with Crippen LogP contribution in [0.15, 0.2) is 18.2 Å². The minimum atomic E-state index is 0.539. The molecule has 3 rings (SSSR count). The second-order valence-electron chi connectivity index (χ2n) is 6.17. The van der Waals surface area contributed by atoms with Gasteiger partial charge in [-0.3, -0.25) is 0 Å². The van der Waals surface area contributed by atoms with Crippen LogP contribution >= 0.6 is 0 Å². The molecule has 4 nitrogen and oxygen atoms in total.